The number of aromatic amines is 2. The molecule has 0 fully saturated rings. The van der Waals surface area contributed by atoms with E-state index < -0.39 is 5.91 Å². The summed E-state index contributed by atoms with van der Waals surface area (Å²) in [6.45, 7) is 3.66. The van der Waals surface area contributed by atoms with Crippen LogP contribution in [0.3, 0.4) is 0 Å². The van der Waals surface area contributed by atoms with Gasteiger partial charge in [-0.25, -0.2) is 4.98 Å². The van der Waals surface area contributed by atoms with E-state index in [-0.39, 0.29) is 16.5 Å². The van der Waals surface area contributed by atoms with Crippen molar-refractivity contribution in [1.82, 2.24) is 20.2 Å². The Labute approximate surface area is 206 Å². The minimum absolute atomic E-state index is 0.225. The molecule has 35 heavy (non-hydrogen) atoms. The summed E-state index contributed by atoms with van der Waals surface area (Å²) in [5, 5.41) is 11.2. The molecular formula is C26H21ClN6O2. The van der Waals surface area contributed by atoms with Gasteiger partial charge in [0.2, 0.25) is 0 Å². The maximum absolute atomic E-state index is 13.6. The fourth-order valence-electron chi connectivity index (χ4n) is 3.97. The van der Waals surface area contributed by atoms with E-state index in [0.29, 0.717) is 28.3 Å². The lowest BCUT2D eigenvalue weighted by atomic mass is 10.1. The number of amides is 2. The fourth-order valence-corrected chi connectivity index (χ4v) is 4.17. The van der Waals surface area contributed by atoms with Crippen molar-refractivity contribution in [1.29, 1.82) is 0 Å². The number of hydrogen-bond acceptors (Lipinski definition) is 4. The second-order valence-corrected chi connectivity index (χ2v) is 8.45. The molecule has 3 aromatic heterocycles. The topological polar surface area (TPSA) is 107 Å². The summed E-state index contributed by atoms with van der Waals surface area (Å²) in [5.74, 6) is -0.671. The minimum atomic E-state index is -0.415. The molecule has 2 aromatic carbocycles. The second kappa shape index (κ2) is 9.08. The van der Waals surface area contributed by atoms with Gasteiger partial charge in [0.25, 0.3) is 11.8 Å². The number of aromatic nitrogens is 4. The van der Waals surface area contributed by atoms with Crippen LogP contribution in [0.1, 0.15) is 32.1 Å². The van der Waals surface area contributed by atoms with Crippen LogP contribution in [0.5, 0.6) is 0 Å². The Balaban J connectivity index is 1.55. The molecule has 9 heteroatoms. The lowest BCUT2D eigenvalue weighted by Gasteiger charge is -2.24. The fraction of sp³-hybridized carbons (Fsp3) is 0.0769. The number of fused-ring (bicyclic) bond motifs is 1. The van der Waals surface area contributed by atoms with Gasteiger partial charge >= 0.3 is 0 Å². The normalized spacial score (nSPS) is 10.9. The lowest BCUT2D eigenvalue weighted by Crippen LogP contribution is -2.27. The number of carbonyl (C=O) groups excluding carboxylic acids is 2. The van der Waals surface area contributed by atoms with Crippen molar-refractivity contribution in [2.45, 2.75) is 13.8 Å². The molecule has 3 heterocycles. The van der Waals surface area contributed by atoms with Crippen LogP contribution in [0.25, 0.3) is 11.0 Å². The quantitative estimate of drug-likeness (QED) is 0.293. The highest BCUT2D eigenvalue weighted by molar-refractivity contribution is 6.34. The number of anilines is 3. The zero-order valence-corrected chi connectivity index (χ0v) is 19.7. The third-order valence-corrected chi connectivity index (χ3v) is 5.98. The molecule has 8 nitrogen and oxygen atoms in total. The summed E-state index contributed by atoms with van der Waals surface area (Å²) in [6.07, 6.45) is 3.35. The summed E-state index contributed by atoms with van der Waals surface area (Å²) in [5.41, 5.74) is 4.46. The molecule has 0 saturated carbocycles. The first-order chi connectivity index (χ1) is 16.9. The van der Waals surface area contributed by atoms with Crippen LogP contribution in [0.15, 0.2) is 73.1 Å². The Morgan fingerprint density at radius 3 is 2.57 bits per heavy atom. The van der Waals surface area contributed by atoms with E-state index in [1.807, 2.05) is 32.0 Å². The van der Waals surface area contributed by atoms with Crippen molar-refractivity contribution in [3.05, 3.63) is 101 Å². The number of rotatable bonds is 5. The molecule has 0 aliphatic rings. The molecule has 0 unspecified atom stereocenters. The first kappa shape index (κ1) is 22.4. The Morgan fingerprint density at radius 2 is 1.83 bits per heavy atom. The number of pyridine rings is 1. The number of nitrogens with zero attached hydrogens (tertiary/aromatic N) is 3. The van der Waals surface area contributed by atoms with E-state index in [4.69, 9.17) is 11.6 Å². The van der Waals surface area contributed by atoms with Gasteiger partial charge < -0.3 is 10.3 Å². The van der Waals surface area contributed by atoms with Gasteiger partial charge in [0.1, 0.15) is 5.65 Å². The van der Waals surface area contributed by atoms with Crippen molar-refractivity contribution >= 4 is 51.5 Å². The Kier molecular flexibility index (Phi) is 5.80. The number of nitrogens with one attached hydrogen (secondary N) is 3. The summed E-state index contributed by atoms with van der Waals surface area (Å²) in [6, 6.07) is 17.5. The van der Waals surface area contributed by atoms with E-state index in [9.17, 15) is 9.59 Å². The van der Waals surface area contributed by atoms with Crippen LogP contribution in [-0.4, -0.2) is 32.0 Å². The number of H-pyrrole nitrogens is 2. The molecule has 5 aromatic rings. The van der Waals surface area contributed by atoms with Gasteiger partial charge in [0.15, 0.2) is 0 Å². The number of hydrogen-bond donors (Lipinski definition) is 3. The molecule has 2 amide bonds. The SMILES string of the molecule is Cc1n[nH]c(C)c1N(C(=O)c1ccccc1)c1ccc(Cl)c(C(=O)Nc2cnc3[nH]ccc3c2)c1. The van der Waals surface area contributed by atoms with Crippen LogP contribution in [0, 0.1) is 13.8 Å². The van der Waals surface area contributed by atoms with E-state index >= 15 is 0 Å². The van der Waals surface area contributed by atoms with Crippen LogP contribution in [0.4, 0.5) is 17.1 Å². The highest BCUT2D eigenvalue weighted by Crippen LogP contribution is 2.34. The highest BCUT2D eigenvalue weighted by Gasteiger charge is 2.26. The zero-order valence-electron chi connectivity index (χ0n) is 19.0. The number of benzene rings is 2. The van der Waals surface area contributed by atoms with Crippen molar-refractivity contribution < 1.29 is 9.59 Å². The maximum atomic E-state index is 13.6. The molecule has 0 saturated heterocycles. The van der Waals surface area contributed by atoms with E-state index in [0.717, 1.165) is 16.7 Å². The van der Waals surface area contributed by atoms with E-state index in [1.54, 1.807) is 59.8 Å². The van der Waals surface area contributed by atoms with Gasteiger partial charge in [-0.05, 0) is 56.3 Å². The van der Waals surface area contributed by atoms with Gasteiger partial charge in [0, 0.05) is 17.1 Å². The maximum Gasteiger partial charge on any atom is 0.262 e. The predicted molar refractivity (Wildman–Crippen MR) is 136 cm³/mol. The standard InChI is InChI=1S/C26H21ClN6O2/c1-15-23(16(2)32-31-15)33(26(35)17-6-4-3-5-7-17)20-8-9-22(27)21(13-20)25(34)30-19-12-18-10-11-28-24(18)29-14-19/h3-14H,1-2H3,(H,28,29)(H,30,34)(H,31,32). The molecule has 0 radical (unpaired) electrons. The van der Waals surface area contributed by atoms with Crippen molar-refractivity contribution in [2.75, 3.05) is 10.2 Å². The van der Waals surface area contributed by atoms with Crippen molar-refractivity contribution in [2.24, 2.45) is 0 Å². The molecule has 0 aliphatic heterocycles. The molecule has 0 spiro atoms. The third kappa shape index (κ3) is 4.27. The van der Waals surface area contributed by atoms with E-state index in [2.05, 4.69) is 25.5 Å². The predicted octanol–water partition coefficient (Wildman–Crippen LogP) is 5.79. The molecular weight excluding hydrogens is 464 g/mol. The van der Waals surface area contributed by atoms with Crippen LogP contribution in [-0.2, 0) is 0 Å². The van der Waals surface area contributed by atoms with Crippen LogP contribution in [0.2, 0.25) is 5.02 Å². The average molecular weight is 485 g/mol. The first-order valence-corrected chi connectivity index (χ1v) is 11.3. The van der Waals surface area contributed by atoms with Crippen LogP contribution < -0.4 is 10.2 Å². The average Bonchev–Trinajstić information content (AvgIpc) is 3.47. The van der Waals surface area contributed by atoms with Gasteiger partial charge in [-0.2, -0.15) is 5.10 Å². The zero-order chi connectivity index (χ0) is 24.5. The molecule has 5 rings (SSSR count). The lowest BCUT2D eigenvalue weighted by molar-refractivity contribution is 0.0995. The minimum Gasteiger partial charge on any atom is -0.346 e. The molecule has 174 valence electrons. The molecule has 0 bridgehead atoms. The van der Waals surface area contributed by atoms with Gasteiger partial charge in [-0.1, -0.05) is 29.8 Å². The summed E-state index contributed by atoms with van der Waals surface area (Å²) >= 11 is 6.42. The van der Waals surface area contributed by atoms with Crippen LogP contribution >= 0.6 is 11.6 Å². The van der Waals surface area contributed by atoms with Gasteiger partial charge in [0.05, 0.1) is 45.2 Å². The summed E-state index contributed by atoms with van der Waals surface area (Å²) < 4.78 is 0. The largest absolute Gasteiger partial charge is 0.346 e. The monoisotopic (exact) mass is 484 g/mol. The highest BCUT2D eigenvalue weighted by atomic mass is 35.5. The Hall–Kier alpha value is -4.43. The summed E-state index contributed by atoms with van der Waals surface area (Å²) in [7, 11) is 0. The van der Waals surface area contributed by atoms with Gasteiger partial charge in [-0.3, -0.25) is 19.6 Å². The third-order valence-electron chi connectivity index (χ3n) is 5.65. The molecule has 3 N–H and O–H groups in total. The number of halogens is 1. The van der Waals surface area contributed by atoms with Crippen molar-refractivity contribution in [3.8, 4) is 0 Å². The Morgan fingerprint density at radius 1 is 1.03 bits per heavy atom. The smallest absolute Gasteiger partial charge is 0.262 e. The second-order valence-electron chi connectivity index (χ2n) is 8.05. The van der Waals surface area contributed by atoms with Gasteiger partial charge in [-0.15, -0.1) is 0 Å². The summed E-state index contributed by atoms with van der Waals surface area (Å²) in [4.78, 5) is 35.7. The molecule has 0 aliphatic carbocycles. The Bertz CT molecular complexity index is 1540. The van der Waals surface area contributed by atoms with Crippen molar-refractivity contribution in [3.63, 3.8) is 0 Å². The molecule has 0 atom stereocenters. The van der Waals surface area contributed by atoms with E-state index in [1.165, 1.54) is 0 Å². The number of carbonyl (C=O) groups is 2. The first-order valence-electron chi connectivity index (χ1n) is 10.9. The number of aryl methyl sites for hydroxylation is 2.